The van der Waals surface area contributed by atoms with E-state index in [9.17, 15) is 0 Å². The van der Waals surface area contributed by atoms with E-state index >= 15 is 0 Å². The minimum Gasteiger partial charge on any atom is -0.473 e. The van der Waals surface area contributed by atoms with E-state index in [1.54, 1.807) is 0 Å². The summed E-state index contributed by atoms with van der Waals surface area (Å²) in [4.78, 5) is 10.6. The maximum absolute atomic E-state index is 6.14. The van der Waals surface area contributed by atoms with E-state index in [4.69, 9.17) is 15.2 Å². The maximum atomic E-state index is 6.14. The third-order valence-corrected chi connectivity index (χ3v) is 3.05. The molecule has 2 N–H and O–H groups in total. The molecule has 1 aromatic rings. The Morgan fingerprint density at radius 3 is 2.84 bits per heavy atom. The van der Waals surface area contributed by atoms with Crippen LogP contribution in [-0.2, 0) is 4.74 Å². The number of hydrogen-bond acceptors (Lipinski definition) is 6. The molecule has 1 fully saturated rings. The highest BCUT2D eigenvalue weighted by atomic mass is 16.5. The van der Waals surface area contributed by atoms with E-state index in [0.29, 0.717) is 18.2 Å². The molecule has 2 unspecified atom stereocenters. The van der Waals surface area contributed by atoms with Crippen LogP contribution in [0, 0.1) is 0 Å². The number of ether oxygens (including phenoxy) is 2. The number of aromatic nitrogens is 2. The van der Waals surface area contributed by atoms with Gasteiger partial charge < -0.3 is 20.1 Å². The van der Waals surface area contributed by atoms with Gasteiger partial charge in [0.15, 0.2) is 5.82 Å². The smallest absolute Gasteiger partial charge is 0.242 e. The number of nitrogen functional groups attached to an aromatic ring is 1. The van der Waals surface area contributed by atoms with Gasteiger partial charge in [-0.05, 0) is 27.7 Å². The Bertz CT molecular complexity index is 439. The molecule has 2 atom stereocenters. The number of morpholine rings is 1. The van der Waals surface area contributed by atoms with Crippen LogP contribution in [0.15, 0.2) is 6.33 Å². The van der Waals surface area contributed by atoms with Crippen LogP contribution in [0.1, 0.15) is 27.7 Å². The molecular formula is C13H22N4O2. The van der Waals surface area contributed by atoms with Gasteiger partial charge in [-0.15, -0.1) is 0 Å². The Morgan fingerprint density at radius 2 is 2.16 bits per heavy atom. The number of nitrogens with zero attached hydrogens (tertiary/aromatic N) is 3. The van der Waals surface area contributed by atoms with Crippen molar-refractivity contribution in [1.82, 2.24) is 9.97 Å². The molecule has 6 nitrogen and oxygen atoms in total. The SMILES string of the molecule is CC(C)Oc1ncnc(N2CC(C)OCC2C)c1N. The molecule has 2 heterocycles. The summed E-state index contributed by atoms with van der Waals surface area (Å²) in [5.74, 6) is 1.18. The van der Waals surface area contributed by atoms with Crippen LogP contribution in [0.4, 0.5) is 11.5 Å². The second-order valence-electron chi connectivity index (χ2n) is 5.23. The first-order valence-electron chi connectivity index (χ1n) is 6.64. The van der Waals surface area contributed by atoms with Crippen LogP contribution >= 0.6 is 0 Å². The van der Waals surface area contributed by atoms with E-state index in [0.717, 1.165) is 12.4 Å². The molecular weight excluding hydrogens is 244 g/mol. The van der Waals surface area contributed by atoms with Gasteiger partial charge in [0.25, 0.3) is 0 Å². The lowest BCUT2D eigenvalue weighted by atomic mass is 10.2. The summed E-state index contributed by atoms with van der Waals surface area (Å²) in [6.45, 7) is 9.47. The lowest BCUT2D eigenvalue weighted by Crippen LogP contribution is -2.48. The number of nitrogens with two attached hydrogens (primary N) is 1. The second-order valence-corrected chi connectivity index (χ2v) is 5.23. The molecule has 2 rings (SSSR count). The molecule has 0 amide bonds. The predicted molar refractivity (Wildman–Crippen MR) is 74.4 cm³/mol. The zero-order chi connectivity index (χ0) is 14.0. The van der Waals surface area contributed by atoms with Crippen LogP contribution in [-0.4, -0.2) is 41.4 Å². The highest BCUT2D eigenvalue weighted by Gasteiger charge is 2.27. The Kier molecular flexibility index (Phi) is 4.09. The molecule has 6 heteroatoms. The van der Waals surface area contributed by atoms with Gasteiger partial charge in [-0.3, -0.25) is 0 Å². The van der Waals surface area contributed by atoms with Crippen molar-refractivity contribution < 1.29 is 9.47 Å². The topological polar surface area (TPSA) is 73.5 Å². The number of hydrogen-bond donors (Lipinski definition) is 1. The van der Waals surface area contributed by atoms with Crippen molar-refractivity contribution in [3.63, 3.8) is 0 Å². The monoisotopic (exact) mass is 266 g/mol. The van der Waals surface area contributed by atoms with Crippen molar-refractivity contribution in [2.24, 2.45) is 0 Å². The second kappa shape index (κ2) is 5.61. The minimum absolute atomic E-state index is 0.0334. The van der Waals surface area contributed by atoms with Crippen molar-refractivity contribution >= 4 is 11.5 Å². The summed E-state index contributed by atoms with van der Waals surface area (Å²) in [6, 6.07) is 0.236. The molecule has 106 valence electrons. The summed E-state index contributed by atoms with van der Waals surface area (Å²) in [6.07, 6.45) is 1.70. The molecule has 0 aliphatic carbocycles. The Labute approximate surface area is 113 Å². The first kappa shape index (κ1) is 13.9. The van der Waals surface area contributed by atoms with Gasteiger partial charge in [-0.2, -0.15) is 4.98 Å². The van der Waals surface area contributed by atoms with Crippen molar-refractivity contribution in [3.05, 3.63) is 6.33 Å². The van der Waals surface area contributed by atoms with Gasteiger partial charge in [0, 0.05) is 6.54 Å². The summed E-state index contributed by atoms with van der Waals surface area (Å²) < 4.78 is 11.2. The first-order valence-corrected chi connectivity index (χ1v) is 6.64. The third-order valence-electron chi connectivity index (χ3n) is 3.05. The lowest BCUT2D eigenvalue weighted by Gasteiger charge is -2.38. The quantitative estimate of drug-likeness (QED) is 0.893. The molecule has 0 spiro atoms. The van der Waals surface area contributed by atoms with Gasteiger partial charge in [-0.1, -0.05) is 0 Å². The van der Waals surface area contributed by atoms with Crippen LogP contribution in [0.3, 0.4) is 0 Å². The van der Waals surface area contributed by atoms with E-state index < -0.39 is 0 Å². The summed E-state index contributed by atoms with van der Waals surface area (Å²) >= 11 is 0. The molecule has 0 aromatic carbocycles. The zero-order valence-corrected chi connectivity index (χ0v) is 12.0. The molecule has 1 saturated heterocycles. The molecule has 0 bridgehead atoms. The van der Waals surface area contributed by atoms with Gasteiger partial charge in [0.1, 0.15) is 12.0 Å². The first-order chi connectivity index (χ1) is 8.99. The summed E-state index contributed by atoms with van der Waals surface area (Å²) in [5.41, 5.74) is 6.64. The van der Waals surface area contributed by atoms with Crippen molar-refractivity contribution in [3.8, 4) is 5.88 Å². The van der Waals surface area contributed by atoms with Gasteiger partial charge >= 0.3 is 0 Å². The number of rotatable bonds is 3. The van der Waals surface area contributed by atoms with E-state index in [2.05, 4.69) is 21.8 Å². The summed E-state index contributed by atoms with van der Waals surface area (Å²) in [5, 5.41) is 0. The largest absolute Gasteiger partial charge is 0.473 e. The standard InChI is InChI=1S/C13H22N4O2/c1-8(2)19-13-11(14)12(15-7-16-13)17-5-10(4)18-6-9(17)3/h7-10H,5-6,14H2,1-4H3. The predicted octanol–water partition coefficient (Wildman–Crippen LogP) is 1.46. The number of anilines is 2. The van der Waals surface area contributed by atoms with Crippen molar-refractivity contribution in [1.29, 1.82) is 0 Å². The van der Waals surface area contributed by atoms with E-state index in [1.165, 1.54) is 6.33 Å². The fourth-order valence-electron chi connectivity index (χ4n) is 2.12. The lowest BCUT2D eigenvalue weighted by molar-refractivity contribution is 0.0340. The molecule has 1 aliphatic rings. The average molecular weight is 266 g/mol. The molecule has 0 saturated carbocycles. The maximum Gasteiger partial charge on any atom is 0.242 e. The molecule has 1 aliphatic heterocycles. The van der Waals surface area contributed by atoms with Crippen LogP contribution in [0.25, 0.3) is 0 Å². The molecule has 0 radical (unpaired) electrons. The Hall–Kier alpha value is -1.56. The van der Waals surface area contributed by atoms with Crippen LogP contribution < -0.4 is 15.4 Å². The van der Waals surface area contributed by atoms with Gasteiger partial charge in [-0.25, -0.2) is 4.98 Å². The molecule has 19 heavy (non-hydrogen) atoms. The van der Waals surface area contributed by atoms with Crippen molar-refractivity contribution in [2.45, 2.75) is 45.9 Å². The van der Waals surface area contributed by atoms with E-state index in [1.807, 2.05) is 20.8 Å². The Morgan fingerprint density at radius 1 is 1.42 bits per heavy atom. The third kappa shape index (κ3) is 3.07. The van der Waals surface area contributed by atoms with Gasteiger partial charge in [0.2, 0.25) is 5.88 Å². The van der Waals surface area contributed by atoms with Crippen molar-refractivity contribution in [2.75, 3.05) is 23.8 Å². The van der Waals surface area contributed by atoms with Crippen LogP contribution in [0.2, 0.25) is 0 Å². The molecule has 1 aromatic heterocycles. The van der Waals surface area contributed by atoms with Crippen LogP contribution in [0.5, 0.6) is 5.88 Å². The highest BCUT2D eigenvalue weighted by molar-refractivity contribution is 5.68. The average Bonchev–Trinajstić information content (AvgIpc) is 2.35. The minimum atomic E-state index is 0.0334. The zero-order valence-electron chi connectivity index (χ0n) is 12.0. The summed E-state index contributed by atoms with van der Waals surface area (Å²) in [7, 11) is 0. The van der Waals surface area contributed by atoms with Gasteiger partial charge in [0.05, 0.1) is 24.9 Å². The van der Waals surface area contributed by atoms with E-state index in [-0.39, 0.29) is 18.2 Å². The fraction of sp³-hybridized carbons (Fsp3) is 0.692. The highest BCUT2D eigenvalue weighted by Crippen LogP contribution is 2.31. The Balaban J connectivity index is 2.28. The normalized spacial score (nSPS) is 23.7. The fourth-order valence-corrected chi connectivity index (χ4v) is 2.12.